The Morgan fingerprint density at radius 2 is 1.76 bits per heavy atom. The zero-order valence-electron chi connectivity index (χ0n) is 9.69. The average molecular weight is 229 g/mol. The van der Waals surface area contributed by atoms with Gasteiger partial charge in [0.05, 0.1) is 0 Å². The summed E-state index contributed by atoms with van der Waals surface area (Å²) in [4.78, 5) is 13.5. The first-order chi connectivity index (χ1) is 8.33. The Bertz CT molecular complexity index is 582. The third kappa shape index (κ3) is 2.05. The van der Waals surface area contributed by atoms with E-state index in [1.54, 1.807) is 6.07 Å². The maximum atomic E-state index is 11.2. The normalized spacial score (nSPS) is 16.4. The summed E-state index contributed by atoms with van der Waals surface area (Å²) < 4.78 is 5.21. The fraction of sp³-hybridized carbons (Fsp3) is 0.357. The lowest BCUT2D eigenvalue weighted by Gasteiger charge is -2.28. The van der Waals surface area contributed by atoms with Crippen molar-refractivity contribution in [2.75, 3.05) is 18.0 Å². The second kappa shape index (κ2) is 4.24. The third-order valence-corrected chi connectivity index (χ3v) is 3.33. The predicted octanol–water partition coefficient (Wildman–Crippen LogP) is 2.78. The molecule has 0 radical (unpaired) electrons. The molecule has 17 heavy (non-hydrogen) atoms. The molecule has 0 N–H and O–H groups in total. The summed E-state index contributed by atoms with van der Waals surface area (Å²) in [6, 6.07) is 9.36. The van der Waals surface area contributed by atoms with Crippen molar-refractivity contribution in [1.82, 2.24) is 0 Å². The van der Waals surface area contributed by atoms with Crippen LogP contribution in [0.4, 0.5) is 5.69 Å². The minimum atomic E-state index is -0.284. The van der Waals surface area contributed by atoms with E-state index in [2.05, 4.69) is 11.0 Å². The van der Waals surface area contributed by atoms with Crippen LogP contribution in [0.15, 0.2) is 39.5 Å². The molecule has 3 nitrogen and oxygen atoms in total. The highest BCUT2D eigenvalue weighted by atomic mass is 16.4. The lowest BCUT2D eigenvalue weighted by Crippen LogP contribution is -2.29. The maximum Gasteiger partial charge on any atom is 0.336 e. The van der Waals surface area contributed by atoms with Crippen molar-refractivity contribution in [3.05, 3.63) is 40.8 Å². The minimum absolute atomic E-state index is 0.284. The molecule has 3 heteroatoms. The molecule has 0 unspecified atom stereocenters. The number of nitrogens with zero attached hydrogens (tertiary/aromatic N) is 1. The largest absolute Gasteiger partial charge is 0.423 e. The number of fused-ring (bicyclic) bond motifs is 1. The molecule has 1 saturated heterocycles. The van der Waals surface area contributed by atoms with Gasteiger partial charge in [0, 0.05) is 36.3 Å². The van der Waals surface area contributed by atoms with Crippen LogP contribution in [0.25, 0.3) is 11.0 Å². The summed E-state index contributed by atoms with van der Waals surface area (Å²) in [6.45, 7) is 2.20. The molecule has 1 aromatic heterocycles. The van der Waals surface area contributed by atoms with Crippen molar-refractivity contribution in [2.45, 2.75) is 19.3 Å². The monoisotopic (exact) mass is 229 g/mol. The third-order valence-electron chi connectivity index (χ3n) is 3.33. The number of piperidine rings is 1. The number of benzene rings is 1. The smallest absolute Gasteiger partial charge is 0.336 e. The number of anilines is 1. The van der Waals surface area contributed by atoms with Crippen LogP contribution in [-0.2, 0) is 0 Å². The van der Waals surface area contributed by atoms with Gasteiger partial charge in [-0.05, 0) is 37.5 Å². The molecule has 0 saturated carbocycles. The zero-order valence-corrected chi connectivity index (χ0v) is 9.69. The Kier molecular flexibility index (Phi) is 2.59. The van der Waals surface area contributed by atoms with Gasteiger partial charge in [-0.15, -0.1) is 0 Å². The average Bonchev–Trinajstić information content (AvgIpc) is 2.39. The Morgan fingerprint density at radius 1 is 1.00 bits per heavy atom. The van der Waals surface area contributed by atoms with Crippen LogP contribution in [0.2, 0.25) is 0 Å². The van der Waals surface area contributed by atoms with Crippen molar-refractivity contribution in [3.8, 4) is 0 Å². The van der Waals surface area contributed by atoms with E-state index in [1.165, 1.54) is 25.3 Å². The standard InChI is InChI=1S/C14H15NO2/c16-14-7-5-11-4-6-12(10-13(11)17-14)15-8-2-1-3-9-15/h4-7,10H,1-3,8-9H2. The first-order valence-electron chi connectivity index (χ1n) is 6.12. The van der Waals surface area contributed by atoms with Crippen LogP contribution >= 0.6 is 0 Å². The van der Waals surface area contributed by atoms with Crippen LogP contribution in [0, 0.1) is 0 Å². The van der Waals surface area contributed by atoms with E-state index in [-0.39, 0.29) is 5.63 Å². The Morgan fingerprint density at radius 3 is 2.59 bits per heavy atom. The molecular weight excluding hydrogens is 214 g/mol. The molecule has 1 aromatic carbocycles. The van der Waals surface area contributed by atoms with Crippen molar-refractivity contribution >= 4 is 16.7 Å². The number of rotatable bonds is 1. The minimum Gasteiger partial charge on any atom is -0.423 e. The SMILES string of the molecule is O=c1ccc2ccc(N3CCCCC3)cc2o1. The molecule has 0 aliphatic carbocycles. The molecule has 0 atom stereocenters. The highest BCUT2D eigenvalue weighted by Gasteiger charge is 2.11. The summed E-state index contributed by atoms with van der Waals surface area (Å²) in [5.74, 6) is 0. The van der Waals surface area contributed by atoms with Gasteiger partial charge in [0.15, 0.2) is 0 Å². The summed E-state index contributed by atoms with van der Waals surface area (Å²) in [7, 11) is 0. The van der Waals surface area contributed by atoms with Gasteiger partial charge in [0.2, 0.25) is 0 Å². The van der Waals surface area contributed by atoms with E-state index < -0.39 is 0 Å². The number of hydrogen-bond acceptors (Lipinski definition) is 3. The highest BCUT2D eigenvalue weighted by Crippen LogP contribution is 2.23. The van der Waals surface area contributed by atoms with Crippen molar-refractivity contribution in [3.63, 3.8) is 0 Å². The molecule has 1 fully saturated rings. The van der Waals surface area contributed by atoms with Crippen molar-refractivity contribution in [2.24, 2.45) is 0 Å². The second-order valence-electron chi connectivity index (χ2n) is 4.52. The van der Waals surface area contributed by atoms with Gasteiger partial charge < -0.3 is 9.32 Å². The summed E-state index contributed by atoms with van der Waals surface area (Å²) in [5, 5.41) is 0.977. The number of hydrogen-bond donors (Lipinski definition) is 0. The maximum absolute atomic E-state index is 11.2. The summed E-state index contributed by atoms with van der Waals surface area (Å²) in [5.41, 5.74) is 1.56. The molecule has 2 aromatic rings. The topological polar surface area (TPSA) is 33.5 Å². The van der Waals surface area contributed by atoms with Gasteiger partial charge in [-0.3, -0.25) is 0 Å². The predicted molar refractivity (Wildman–Crippen MR) is 68.5 cm³/mol. The Balaban J connectivity index is 2.02. The molecule has 3 rings (SSSR count). The van der Waals surface area contributed by atoms with Crippen molar-refractivity contribution < 1.29 is 4.42 Å². The van der Waals surface area contributed by atoms with E-state index in [9.17, 15) is 4.79 Å². The first-order valence-corrected chi connectivity index (χ1v) is 6.12. The lowest BCUT2D eigenvalue weighted by molar-refractivity contribution is 0.558. The van der Waals surface area contributed by atoms with Crippen molar-refractivity contribution in [1.29, 1.82) is 0 Å². The second-order valence-corrected chi connectivity index (χ2v) is 4.52. The van der Waals surface area contributed by atoms with Gasteiger partial charge in [0.25, 0.3) is 0 Å². The fourth-order valence-corrected chi connectivity index (χ4v) is 2.40. The van der Waals surface area contributed by atoms with E-state index in [0.717, 1.165) is 24.2 Å². The van der Waals surface area contributed by atoms with Crippen LogP contribution in [0.1, 0.15) is 19.3 Å². The molecular formula is C14H15NO2. The van der Waals surface area contributed by atoms with Gasteiger partial charge >= 0.3 is 5.63 Å². The van der Waals surface area contributed by atoms with Gasteiger partial charge in [-0.1, -0.05) is 0 Å². The van der Waals surface area contributed by atoms with Crippen LogP contribution in [0.5, 0.6) is 0 Å². The van der Waals surface area contributed by atoms with E-state index in [1.807, 2.05) is 12.1 Å². The highest BCUT2D eigenvalue weighted by molar-refractivity contribution is 5.80. The molecule has 88 valence electrons. The fourth-order valence-electron chi connectivity index (χ4n) is 2.40. The van der Waals surface area contributed by atoms with E-state index in [4.69, 9.17) is 4.42 Å². The van der Waals surface area contributed by atoms with Crippen LogP contribution in [0.3, 0.4) is 0 Å². The summed E-state index contributed by atoms with van der Waals surface area (Å²) in [6.07, 6.45) is 3.81. The van der Waals surface area contributed by atoms with E-state index >= 15 is 0 Å². The Labute approximate surface area is 99.7 Å². The van der Waals surface area contributed by atoms with Gasteiger partial charge in [-0.2, -0.15) is 0 Å². The summed E-state index contributed by atoms with van der Waals surface area (Å²) >= 11 is 0. The zero-order chi connectivity index (χ0) is 11.7. The molecule has 0 spiro atoms. The van der Waals surface area contributed by atoms with Gasteiger partial charge in [0.1, 0.15) is 5.58 Å². The lowest BCUT2D eigenvalue weighted by atomic mass is 10.1. The molecule has 1 aliphatic heterocycles. The van der Waals surface area contributed by atoms with Crippen LogP contribution in [-0.4, -0.2) is 13.1 Å². The van der Waals surface area contributed by atoms with E-state index in [0.29, 0.717) is 5.58 Å². The van der Waals surface area contributed by atoms with Crippen LogP contribution < -0.4 is 10.5 Å². The quantitative estimate of drug-likeness (QED) is 0.705. The molecule has 1 aliphatic rings. The molecule has 2 heterocycles. The molecule has 0 amide bonds. The Hall–Kier alpha value is -1.77. The molecule has 0 bridgehead atoms. The first kappa shape index (κ1) is 10.4. The van der Waals surface area contributed by atoms with Gasteiger partial charge in [-0.25, -0.2) is 4.79 Å².